The van der Waals surface area contributed by atoms with Gasteiger partial charge in [-0.15, -0.1) is 0 Å². The fourth-order valence-electron chi connectivity index (χ4n) is 2.12. The zero-order chi connectivity index (χ0) is 16.8. The molecule has 0 aliphatic heterocycles. The summed E-state index contributed by atoms with van der Waals surface area (Å²) in [5.74, 6) is -1.01. The summed E-state index contributed by atoms with van der Waals surface area (Å²) < 4.78 is 13.6. The lowest BCUT2D eigenvalue weighted by atomic mass is 10.1. The minimum Gasteiger partial charge on any atom is -0.349 e. The molecule has 4 nitrogen and oxygen atoms in total. The SMILES string of the molecule is CN(C)C(=O)CCc1cccc(NC(=O)c2ccccc2F)c1. The summed E-state index contributed by atoms with van der Waals surface area (Å²) in [5.41, 5.74) is 1.51. The van der Waals surface area contributed by atoms with E-state index in [1.165, 1.54) is 18.2 Å². The van der Waals surface area contributed by atoms with Crippen LogP contribution in [0, 0.1) is 5.82 Å². The first-order valence-corrected chi connectivity index (χ1v) is 7.32. The van der Waals surface area contributed by atoms with Crippen LogP contribution in [0.1, 0.15) is 22.3 Å². The lowest BCUT2D eigenvalue weighted by Gasteiger charge is -2.11. The monoisotopic (exact) mass is 314 g/mol. The molecule has 0 spiro atoms. The number of anilines is 1. The van der Waals surface area contributed by atoms with Gasteiger partial charge in [0.05, 0.1) is 5.56 Å². The molecule has 0 unspecified atom stereocenters. The molecule has 0 saturated carbocycles. The average molecular weight is 314 g/mol. The highest BCUT2D eigenvalue weighted by atomic mass is 19.1. The molecule has 0 heterocycles. The van der Waals surface area contributed by atoms with Crippen LogP contribution in [0.2, 0.25) is 0 Å². The first-order chi connectivity index (χ1) is 11.0. The topological polar surface area (TPSA) is 49.4 Å². The van der Waals surface area contributed by atoms with Crippen molar-refractivity contribution in [3.05, 3.63) is 65.5 Å². The Balaban J connectivity index is 2.04. The van der Waals surface area contributed by atoms with Gasteiger partial charge in [0.2, 0.25) is 5.91 Å². The fourth-order valence-corrected chi connectivity index (χ4v) is 2.12. The Labute approximate surface area is 134 Å². The van der Waals surface area contributed by atoms with Gasteiger partial charge in [0.25, 0.3) is 5.91 Å². The third kappa shape index (κ3) is 4.64. The number of aryl methyl sites for hydroxylation is 1. The Morgan fingerprint density at radius 2 is 1.83 bits per heavy atom. The van der Waals surface area contributed by atoms with Gasteiger partial charge in [-0.1, -0.05) is 24.3 Å². The predicted molar refractivity (Wildman–Crippen MR) is 87.8 cm³/mol. The van der Waals surface area contributed by atoms with E-state index in [4.69, 9.17) is 0 Å². The van der Waals surface area contributed by atoms with Crippen molar-refractivity contribution in [1.29, 1.82) is 0 Å². The molecule has 2 amide bonds. The average Bonchev–Trinajstić information content (AvgIpc) is 2.53. The van der Waals surface area contributed by atoms with Crippen molar-refractivity contribution < 1.29 is 14.0 Å². The van der Waals surface area contributed by atoms with Gasteiger partial charge in [-0.2, -0.15) is 0 Å². The van der Waals surface area contributed by atoms with Crippen LogP contribution in [0.15, 0.2) is 48.5 Å². The number of benzene rings is 2. The summed E-state index contributed by atoms with van der Waals surface area (Å²) in [7, 11) is 3.43. The molecule has 0 saturated heterocycles. The number of carbonyl (C=O) groups excluding carboxylic acids is 2. The van der Waals surface area contributed by atoms with E-state index in [-0.39, 0.29) is 11.5 Å². The number of hydrogen-bond donors (Lipinski definition) is 1. The maximum atomic E-state index is 13.6. The third-order valence-electron chi connectivity index (χ3n) is 3.43. The molecule has 0 bridgehead atoms. The normalized spacial score (nSPS) is 10.2. The minimum absolute atomic E-state index is 0.000638. The first-order valence-electron chi connectivity index (χ1n) is 7.32. The number of amides is 2. The highest BCUT2D eigenvalue weighted by Gasteiger charge is 2.11. The molecule has 0 aromatic heterocycles. The summed E-state index contributed by atoms with van der Waals surface area (Å²) in [6, 6.07) is 13.0. The number of halogens is 1. The molecule has 1 N–H and O–H groups in total. The lowest BCUT2D eigenvalue weighted by molar-refractivity contribution is -0.128. The van der Waals surface area contributed by atoms with E-state index in [1.54, 1.807) is 43.3 Å². The van der Waals surface area contributed by atoms with Gasteiger partial charge in [0, 0.05) is 26.2 Å². The summed E-state index contributed by atoms with van der Waals surface area (Å²) in [5, 5.41) is 2.68. The van der Waals surface area contributed by atoms with E-state index in [1.807, 2.05) is 6.07 Å². The molecule has 2 aromatic carbocycles. The van der Waals surface area contributed by atoms with Crippen LogP contribution in [0.4, 0.5) is 10.1 Å². The van der Waals surface area contributed by atoms with E-state index in [2.05, 4.69) is 5.32 Å². The van der Waals surface area contributed by atoms with Crippen molar-refractivity contribution in [3.63, 3.8) is 0 Å². The molecule has 23 heavy (non-hydrogen) atoms. The zero-order valence-electron chi connectivity index (χ0n) is 13.2. The third-order valence-corrected chi connectivity index (χ3v) is 3.43. The molecule has 0 radical (unpaired) electrons. The smallest absolute Gasteiger partial charge is 0.258 e. The van der Waals surface area contributed by atoms with Gasteiger partial charge in [-0.25, -0.2) is 4.39 Å². The molecule has 2 aromatic rings. The van der Waals surface area contributed by atoms with Gasteiger partial charge >= 0.3 is 0 Å². The predicted octanol–water partition coefficient (Wildman–Crippen LogP) is 3.10. The molecule has 5 heteroatoms. The largest absolute Gasteiger partial charge is 0.349 e. The second-order valence-corrected chi connectivity index (χ2v) is 5.42. The van der Waals surface area contributed by atoms with Crippen LogP contribution in [0.3, 0.4) is 0 Å². The Kier molecular flexibility index (Phi) is 5.46. The van der Waals surface area contributed by atoms with Crippen LogP contribution in [-0.2, 0) is 11.2 Å². The molecule has 0 aliphatic carbocycles. The highest BCUT2D eigenvalue weighted by Crippen LogP contribution is 2.15. The summed E-state index contributed by atoms with van der Waals surface area (Å²) in [4.78, 5) is 25.3. The quantitative estimate of drug-likeness (QED) is 0.922. The van der Waals surface area contributed by atoms with Crippen LogP contribution < -0.4 is 5.32 Å². The van der Waals surface area contributed by atoms with E-state index < -0.39 is 11.7 Å². The van der Waals surface area contributed by atoms with Gasteiger partial charge < -0.3 is 10.2 Å². The van der Waals surface area contributed by atoms with Crippen molar-refractivity contribution >= 4 is 17.5 Å². The Morgan fingerprint density at radius 3 is 2.52 bits per heavy atom. The molecule has 0 fully saturated rings. The van der Waals surface area contributed by atoms with Crippen LogP contribution >= 0.6 is 0 Å². The number of rotatable bonds is 5. The first kappa shape index (κ1) is 16.7. The molecular weight excluding hydrogens is 295 g/mol. The van der Waals surface area contributed by atoms with Crippen LogP contribution in [0.25, 0.3) is 0 Å². The number of carbonyl (C=O) groups is 2. The van der Waals surface area contributed by atoms with Crippen molar-refractivity contribution in [3.8, 4) is 0 Å². The van der Waals surface area contributed by atoms with E-state index in [9.17, 15) is 14.0 Å². The highest BCUT2D eigenvalue weighted by molar-refractivity contribution is 6.04. The number of nitrogens with zero attached hydrogens (tertiary/aromatic N) is 1. The summed E-state index contributed by atoms with van der Waals surface area (Å²) in [6.45, 7) is 0. The fraction of sp³-hybridized carbons (Fsp3) is 0.222. The van der Waals surface area contributed by atoms with Crippen LogP contribution in [0.5, 0.6) is 0 Å². The van der Waals surface area contributed by atoms with Crippen molar-refractivity contribution in [1.82, 2.24) is 4.90 Å². The number of hydrogen-bond acceptors (Lipinski definition) is 2. The lowest BCUT2D eigenvalue weighted by Crippen LogP contribution is -2.21. The molecule has 120 valence electrons. The van der Waals surface area contributed by atoms with E-state index >= 15 is 0 Å². The van der Waals surface area contributed by atoms with Crippen molar-refractivity contribution in [2.24, 2.45) is 0 Å². The van der Waals surface area contributed by atoms with Gasteiger partial charge in [0.15, 0.2) is 0 Å². The molecule has 0 atom stereocenters. The van der Waals surface area contributed by atoms with Gasteiger partial charge in [0.1, 0.15) is 5.82 Å². The second-order valence-electron chi connectivity index (χ2n) is 5.42. The Bertz CT molecular complexity index is 714. The van der Waals surface area contributed by atoms with E-state index in [0.29, 0.717) is 18.5 Å². The van der Waals surface area contributed by atoms with Gasteiger partial charge in [-0.05, 0) is 36.2 Å². The zero-order valence-corrected chi connectivity index (χ0v) is 13.2. The summed E-state index contributed by atoms with van der Waals surface area (Å²) in [6.07, 6.45) is 0.984. The van der Waals surface area contributed by atoms with E-state index in [0.717, 1.165) is 5.56 Å². The van der Waals surface area contributed by atoms with Gasteiger partial charge in [-0.3, -0.25) is 9.59 Å². The van der Waals surface area contributed by atoms with Crippen LogP contribution in [-0.4, -0.2) is 30.8 Å². The minimum atomic E-state index is -0.558. The number of nitrogens with one attached hydrogen (secondary N) is 1. The maximum absolute atomic E-state index is 13.6. The van der Waals surface area contributed by atoms with Crippen molar-refractivity contribution in [2.75, 3.05) is 19.4 Å². The standard InChI is InChI=1S/C18H19FN2O2/c1-21(2)17(22)11-10-13-6-5-7-14(12-13)20-18(23)15-8-3-4-9-16(15)19/h3-9,12H,10-11H2,1-2H3,(H,20,23). The second kappa shape index (κ2) is 7.54. The molecule has 2 rings (SSSR count). The maximum Gasteiger partial charge on any atom is 0.258 e. The van der Waals surface area contributed by atoms with Crippen molar-refractivity contribution in [2.45, 2.75) is 12.8 Å². The Morgan fingerprint density at radius 1 is 1.09 bits per heavy atom. The summed E-state index contributed by atoms with van der Waals surface area (Å²) >= 11 is 0. The molecule has 0 aliphatic rings. The Hall–Kier alpha value is -2.69. The molecular formula is C18H19FN2O2.